The summed E-state index contributed by atoms with van der Waals surface area (Å²) < 4.78 is 5.03. The summed E-state index contributed by atoms with van der Waals surface area (Å²) in [4.78, 5) is 14.8. The highest BCUT2D eigenvalue weighted by Crippen LogP contribution is 2.33. The number of hydrogen-bond acceptors (Lipinski definition) is 3. The number of carbonyl (C=O) groups excluding carboxylic acids is 1. The highest BCUT2D eigenvalue weighted by molar-refractivity contribution is 7.80. The molecule has 1 heterocycles. The van der Waals surface area contributed by atoms with Crippen LogP contribution in [0.2, 0.25) is 0 Å². The Balaban J connectivity index is 2.93. The predicted octanol–water partition coefficient (Wildman–Crippen LogP) is 3.11. The van der Waals surface area contributed by atoms with E-state index in [0.29, 0.717) is 24.4 Å². The number of rotatable bonds is 8. The summed E-state index contributed by atoms with van der Waals surface area (Å²) in [5, 5.41) is 0. The summed E-state index contributed by atoms with van der Waals surface area (Å²) in [6.45, 7) is 4.60. The SMILES string of the molecule is CCCC(CCC)(C(=O)N(C)Cc1ccoc1)C(N)=S. The fourth-order valence-corrected chi connectivity index (χ4v) is 2.93. The molecule has 0 radical (unpaired) electrons. The van der Waals surface area contributed by atoms with Crippen molar-refractivity contribution in [3.8, 4) is 0 Å². The molecule has 20 heavy (non-hydrogen) atoms. The topological polar surface area (TPSA) is 59.5 Å². The Labute approximate surface area is 126 Å². The van der Waals surface area contributed by atoms with Gasteiger partial charge in [0, 0.05) is 19.2 Å². The average molecular weight is 296 g/mol. The minimum atomic E-state index is -0.711. The second-order valence-electron chi connectivity index (χ2n) is 5.24. The van der Waals surface area contributed by atoms with Crippen molar-refractivity contribution >= 4 is 23.1 Å². The van der Waals surface area contributed by atoms with Gasteiger partial charge in [-0.15, -0.1) is 0 Å². The molecule has 5 heteroatoms. The monoisotopic (exact) mass is 296 g/mol. The van der Waals surface area contributed by atoms with Crippen LogP contribution >= 0.6 is 12.2 Å². The van der Waals surface area contributed by atoms with Crippen LogP contribution < -0.4 is 5.73 Å². The van der Waals surface area contributed by atoms with E-state index in [0.717, 1.165) is 18.4 Å². The van der Waals surface area contributed by atoms with Gasteiger partial charge in [0.25, 0.3) is 0 Å². The molecule has 1 amide bonds. The number of nitrogens with two attached hydrogens (primary N) is 1. The lowest BCUT2D eigenvalue weighted by atomic mass is 9.77. The Morgan fingerprint density at radius 2 is 2.00 bits per heavy atom. The van der Waals surface area contributed by atoms with Crippen LogP contribution in [0.5, 0.6) is 0 Å². The maximum atomic E-state index is 12.8. The Morgan fingerprint density at radius 1 is 1.40 bits per heavy atom. The highest BCUT2D eigenvalue weighted by Gasteiger charge is 2.41. The van der Waals surface area contributed by atoms with Crippen molar-refractivity contribution in [2.24, 2.45) is 11.1 Å². The Bertz CT molecular complexity index is 437. The van der Waals surface area contributed by atoms with E-state index in [2.05, 4.69) is 0 Å². The van der Waals surface area contributed by atoms with Crippen molar-refractivity contribution in [3.05, 3.63) is 24.2 Å². The molecule has 0 bridgehead atoms. The van der Waals surface area contributed by atoms with Crippen molar-refractivity contribution in [2.45, 2.75) is 46.1 Å². The maximum absolute atomic E-state index is 12.8. The molecule has 0 aliphatic heterocycles. The van der Waals surface area contributed by atoms with Gasteiger partial charge in [-0.1, -0.05) is 38.9 Å². The summed E-state index contributed by atoms with van der Waals surface area (Å²) in [5.41, 5.74) is 6.17. The van der Waals surface area contributed by atoms with Gasteiger partial charge in [0.1, 0.15) is 0 Å². The third-order valence-corrected chi connectivity index (χ3v) is 3.97. The Morgan fingerprint density at radius 3 is 2.40 bits per heavy atom. The van der Waals surface area contributed by atoms with Crippen LogP contribution in [0, 0.1) is 5.41 Å². The molecule has 0 aromatic carbocycles. The summed E-state index contributed by atoms with van der Waals surface area (Å²) >= 11 is 5.22. The van der Waals surface area contributed by atoms with Crippen LogP contribution in [0.4, 0.5) is 0 Å². The molecule has 0 saturated carbocycles. The Hall–Kier alpha value is -1.36. The van der Waals surface area contributed by atoms with Gasteiger partial charge < -0.3 is 15.1 Å². The van der Waals surface area contributed by atoms with E-state index in [1.165, 1.54) is 0 Å². The first kappa shape index (κ1) is 16.7. The van der Waals surface area contributed by atoms with Gasteiger partial charge in [-0.25, -0.2) is 0 Å². The molecule has 0 aliphatic rings. The standard InChI is InChI=1S/C15H24N2O2S/c1-4-7-15(8-5-2,13(16)20)14(18)17(3)10-12-6-9-19-11-12/h6,9,11H,4-5,7-8,10H2,1-3H3,(H2,16,20). The fraction of sp³-hybridized carbons (Fsp3) is 0.600. The second kappa shape index (κ2) is 7.43. The van der Waals surface area contributed by atoms with E-state index in [1.54, 1.807) is 24.5 Å². The molecule has 0 spiro atoms. The van der Waals surface area contributed by atoms with E-state index >= 15 is 0 Å². The molecular formula is C15H24N2O2S. The zero-order valence-corrected chi connectivity index (χ0v) is 13.3. The average Bonchev–Trinajstić information content (AvgIpc) is 2.90. The molecule has 2 N–H and O–H groups in total. The first-order valence-corrected chi connectivity index (χ1v) is 7.45. The van der Waals surface area contributed by atoms with Crippen LogP contribution in [0.1, 0.15) is 45.1 Å². The number of furan rings is 1. The molecular weight excluding hydrogens is 272 g/mol. The number of amides is 1. The summed E-state index contributed by atoms with van der Waals surface area (Å²) in [6.07, 6.45) is 6.40. The van der Waals surface area contributed by atoms with Crippen LogP contribution in [0.15, 0.2) is 23.0 Å². The van der Waals surface area contributed by atoms with Crippen molar-refractivity contribution in [1.29, 1.82) is 0 Å². The van der Waals surface area contributed by atoms with Crippen LogP contribution in [-0.2, 0) is 11.3 Å². The zero-order valence-electron chi connectivity index (χ0n) is 12.5. The van der Waals surface area contributed by atoms with Gasteiger partial charge in [-0.3, -0.25) is 4.79 Å². The summed E-state index contributed by atoms with van der Waals surface area (Å²) in [7, 11) is 1.79. The molecule has 0 unspecified atom stereocenters. The number of hydrogen-bond donors (Lipinski definition) is 1. The van der Waals surface area contributed by atoms with Gasteiger partial charge in [-0.2, -0.15) is 0 Å². The fourth-order valence-electron chi connectivity index (χ4n) is 2.64. The predicted molar refractivity (Wildman–Crippen MR) is 84.2 cm³/mol. The van der Waals surface area contributed by atoms with E-state index < -0.39 is 5.41 Å². The van der Waals surface area contributed by atoms with Crippen LogP contribution in [0.25, 0.3) is 0 Å². The van der Waals surface area contributed by atoms with Gasteiger partial charge in [-0.05, 0) is 18.9 Å². The third-order valence-electron chi connectivity index (χ3n) is 3.58. The van der Waals surface area contributed by atoms with Gasteiger partial charge in [0.05, 0.1) is 22.9 Å². The van der Waals surface area contributed by atoms with Crippen LogP contribution in [0.3, 0.4) is 0 Å². The lowest BCUT2D eigenvalue weighted by Crippen LogP contribution is -2.49. The molecule has 0 atom stereocenters. The largest absolute Gasteiger partial charge is 0.472 e. The number of nitrogens with zero attached hydrogens (tertiary/aromatic N) is 1. The molecule has 1 aromatic rings. The van der Waals surface area contributed by atoms with E-state index in [1.807, 2.05) is 19.9 Å². The number of carbonyl (C=O) groups is 1. The minimum Gasteiger partial charge on any atom is -0.472 e. The molecule has 112 valence electrons. The number of thiocarbonyl (C=S) groups is 1. The normalized spacial score (nSPS) is 11.3. The van der Waals surface area contributed by atoms with Crippen molar-refractivity contribution in [2.75, 3.05) is 7.05 Å². The van der Waals surface area contributed by atoms with E-state index in [-0.39, 0.29) is 5.91 Å². The zero-order chi connectivity index (χ0) is 15.2. The third kappa shape index (κ3) is 3.60. The molecule has 0 saturated heterocycles. The maximum Gasteiger partial charge on any atom is 0.235 e. The lowest BCUT2D eigenvalue weighted by Gasteiger charge is -2.34. The second-order valence-corrected chi connectivity index (χ2v) is 5.68. The van der Waals surface area contributed by atoms with Gasteiger partial charge in [0.15, 0.2) is 0 Å². The Kier molecular flexibility index (Phi) is 6.20. The molecule has 1 aromatic heterocycles. The quantitative estimate of drug-likeness (QED) is 0.749. The van der Waals surface area contributed by atoms with Crippen LogP contribution in [-0.4, -0.2) is 22.8 Å². The van der Waals surface area contributed by atoms with Crippen molar-refractivity contribution in [1.82, 2.24) is 4.90 Å². The molecule has 4 nitrogen and oxygen atoms in total. The van der Waals surface area contributed by atoms with Crippen molar-refractivity contribution in [3.63, 3.8) is 0 Å². The van der Waals surface area contributed by atoms with Gasteiger partial charge in [0.2, 0.25) is 5.91 Å². The summed E-state index contributed by atoms with van der Waals surface area (Å²) in [5.74, 6) is 0.00917. The van der Waals surface area contributed by atoms with Crippen molar-refractivity contribution < 1.29 is 9.21 Å². The summed E-state index contributed by atoms with van der Waals surface area (Å²) in [6, 6.07) is 1.85. The van der Waals surface area contributed by atoms with Gasteiger partial charge >= 0.3 is 0 Å². The van der Waals surface area contributed by atoms with E-state index in [9.17, 15) is 4.79 Å². The molecule has 0 fully saturated rings. The first-order chi connectivity index (χ1) is 9.47. The molecule has 1 rings (SSSR count). The van der Waals surface area contributed by atoms with E-state index in [4.69, 9.17) is 22.4 Å². The lowest BCUT2D eigenvalue weighted by molar-refractivity contribution is -0.138. The highest BCUT2D eigenvalue weighted by atomic mass is 32.1. The first-order valence-electron chi connectivity index (χ1n) is 7.04. The smallest absolute Gasteiger partial charge is 0.235 e. The minimum absolute atomic E-state index is 0.00917. The molecule has 0 aliphatic carbocycles.